The Bertz CT molecular complexity index is 452. The van der Waals surface area contributed by atoms with Crippen LogP contribution in [0.1, 0.15) is 20.8 Å². The van der Waals surface area contributed by atoms with E-state index in [0.29, 0.717) is 13.1 Å². The topological polar surface area (TPSA) is 58.6 Å². The summed E-state index contributed by atoms with van der Waals surface area (Å²) in [6.07, 6.45) is -0.245. The Morgan fingerprint density at radius 3 is 2.37 bits per heavy atom. The molecule has 0 aliphatic carbocycles. The highest BCUT2D eigenvalue weighted by Gasteiger charge is 2.26. The molecule has 106 valence electrons. The van der Waals surface area contributed by atoms with Crippen LogP contribution in [0.3, 0.4) is 0 Å². The molecule has 1 saturated heterocycles. The summed E-state index contributed by atoms with van der Waals surface area (Å²) in [6.45, 7) is 8.42. The molecular formula is C11H17BrN4O2S. The second kappa shape index (κ2) is 5.62. The fourth-order valence-electron chi connectivity index (χ4n) is 1.73. The molecule has 2 heterocycles. The van der Waals surface area contributed by atoms with Gasteiger partial charge in [0.25, 0.3) is 0 Å². The third kappa shape index (κ3) is 4.04. The number of anilines is 1. The Labute approximate surface area is 124 Å². The first-order valence-electron chi connectivity index (χ1n) is 6.07. The maximum atomic E-state index is 11.9. The van der Waals surface area contributed by atoms with Gasteiger partial charge in [0.1, 0.15) is 5.60 Å². The number of ether oxygens (including phenoxy) is 1. The molecule has 1 aliphatic heterocycles. The van der Waals surface area contributed by atoms with Crippen molar-refractivity contribution in [3.8, 4) is 0 Å². The molecule has 8 heteroatoms. The molecular weight excluding hydrogens is 332 g/mol. The van der Waals surface area contributed by atoms with Crippen LogP contribution in [-0.4, -0.2) is 53.0 Å². The lowest BCUT2D eigenvalue weighted by atomic mass is 10.2. The third-order valence-electron chi connectivity index (χ3n) is 2.59. The molecule has 1 aromatic rings. The van der Waals surface area contributed by atoms with E-state index in [1.807, 2.05) is 20.8 Å². The molecule has 0 aromatic carbocycles. The summed E-state index contributed by atoms with van der Waals surface area (Å²) in [5, 5.41) is 8.90. The summed E-state index contributed by atoms with van der Waals surface area (Å²) in [4.78, 5) is 15.8. The minimum absolute atomic E-state index is 0.245. The van der Waals surface area contributed by atoms with Crippen molar-refractivity contribution >= 4 is 38.5 Å². The van der Waals surface area contributed by atoms with E-state index in [1.165, 1.54) is 11.3 Å². The molecule has 1 aromatic heterocycles. The van der Waals surface area contributed by atoms with Crippen LogP contribution in [0.5, 0.6) is 0 Å². The number of hydrogen-bond acceptors (Lipinski definition) is 6. The normalized spacial score (nSPS) is 16.6. The van der Waals surface area contributed by atoms with Gasteiger partial charge in [-0.05, 0) is 36.7 Å². The van der Waals surface area contributed by atoms with E-state index in [-0.39, 0.29) is 6.09 Å². The average Bonchev–Trinajstić information content (AvgIpc) is 2.74. The Morgan fingerprint density at radius 1 is 1.26 bits per heavy atom. The van der Waals surface area contributed by atoms with E-state index in [4.69, 9.17) is 4.74 Å². The predicted octanol–water partition coefficient (Wildman–Crippen LogP) is 2.36. The van der Waals surface area contributed by atoms with E-state index in [2.05, 4.69) is 31.0 Å². The van der Waals surface area contributed by atoms with Crippen molar-refractivity contribution in [2.45, 2.75) is 26.4 Å². The standard InChI is InChI=1S/C11H17BrN4O2S/c1-11(2,3)18-10(17)16-6-4-15(5-7-16)9-14-13-8(12)19-9/h4-7H2,1-3H3. The summed E-state index contributed by atoms with van der Waals surface area (Å²) < 4.78 is 6.13. The fraction of sp³-hybridized carbons (Fsp3) is 0.727. The molecule has 0 radical (unpaired) electrons. The van der Waals surface area contributed by atoms with Crippen LogP contribution in [0.4, 0.5) is 9.93 Å². The second-order valence-electron chi connectivity index (χ2n) is 5.29. The minimum Gasteiger partial charge on any atom is -0.444 e. The predicted molar refractivity (Wildman–Crippen MR) is 77.6 cm³/mol. The van der Waals surface area contributed by atoms with Gasteiger partial charge >= 0.3 is 6.09 Å². The van der Waals surface area contributed by atoms with Crippen molar-refractivity contribution in [3.05, 3.63) is 3.92 Å². The maximum Gasteiger partial charge on any atom is 0.410 e. The lowest BCUT2D eigenvalue weighted by Gasteiger charge is -2.35. The molecule has 1 amide bonds. The van der Waals surface area contributed by atoms with E-state index in [9.17, 15) is 4.79 Å². The number of piperazine rings is 1. The zero-order valence-electron chi connectivity index (χ0n) is 11.2. The highest BCUT2D eigenvalue weighted by atomic mass is 79.9. The molecule has 1 aliphatic rings. The van der Waals surface area contributed by atoms with Crippen LogP contribution in [0.15, 0.2) is 3.92 Å². The van der Waals surface area contributed by atoms with Gasteiger partial charge in [0.2, 0.25) is 5.13 Å². The van der Waals surface area contributed by atoms with E-state index in [0.717, 1.165) is 22.1 Å². The summed E-state index contributed by atoms with van der Waals surface area (Å²) in [7, 11) is 0. The van der Waals surface area contributed by atoms with Crippen molar-refractivity contribution < 1.29 is 9.53 Å². The van der Waals surface area contributed by atoms with Gasteiger partial charge in [-0.15, -0.1) is 10.2 Å². The van der Waals surface area contributed by atoms with Crippen molar-refractivity contribution in [3.63, 3.8) is 0 Å². The number of aromatic nitrogens is 2. The van der Waals surface area contributed by atoms with Crippen molar-refractivity contribution in [1.82, 2.24) is 15.1 Å². The third-order valence-corrected chi connectivity index (χ3v) is 4.01. The van der Waals surface area contributed by atoms with Gasteiger partial charge in [-0.3, -0.25) is 0 Å². The van der Waals surface area contributed by atoms with Gasteiger partial charge in [-0.1, -0.05) is 11.3 Å². The Kier molecular flexibility index (Phi) is 4.29. The van der Waals surface area contributed by atoms with E-state index >= 15 is 0 Å². The lowest BCUT2D eigenvalue weighted by molar-refractivity contribution is 0.0240. The number of halogens is 1. The number of carbonyl (C=O) groups excluding carboxylic acids is 1. The largest absolute Gasteiger partial charge is 0.444 e. The average molecular weight is 349 g/mol. The zero-order valence-corrected chi connectivity index (χ0v) is 13.6. The molecule has 0 saturated carbocycles. The molecule has 1 fully saturated rings. The molecule has 2 rings (SSSR count). The quantitative estimate of drug-likeness (QED) is 0.779. The lowest BCUT2D eigenvalue weighted by Crippen LogP contribution is -2.50. The van der Waals surface area contributed by atoms with Crippen LogP contribution in [0.25, 0.3) is 0 Å². The summed E-state index contributed by atoms with van der Waals surface area (Å²) in [5.74, 6) is 0. The Hall–Kier alpha value is -0.890. The van der Waals surface area contributed by atoms with Crippen molar-refractivity contribution in [2.75, 3.05) is 31.1 Å². The number of nitrogens with zero attached hydrogens (tertiary/aromatic N) is 4. The number of hydrogen-bond donors (Lipinski definition) is 0. The molecule has 0 bridgehead atoms. The van der Waals surface area contributed by atoms with Gasteiger partial charge in [-0.25, -0.2) is 4.79 Å². The van der Waals surface area contributed by atoms with Gasteiger partial charge in [-0.2, -0.15) is 0 Å². The van der Waals surface area contributed by atoms with Crippen LogP contribution < -0.4 is 4.90 Å². The molecule has 19 heavy (non-hydrogen) atoms. The van der Waals surface area contributed by atoms with E-state index < -0.39 is 5.60 Å². The fourth-order valence-corrected chi connectivity index (χ4v) is 2.87. The highest BCUT2D eigenvalue weighted by Crippen LogP contribution is 2.25. The molecule has 0 atom stereocenters. The van der Waals surface area contributed by atoms with Gasteiger partial charge in [0, 0.05) is 26.2 Å². The molecule has 0 N–H and O–H groups in total. The monoisotopic (exact) mass is 348 g/mol. The molecule has 0 unspecified atom stereocenters. The Balaban J connectivity index is 1.87. The highest BCUT2D eigenvalue weighted by molar-refractivity contribution is 9.11. The first kappa shape index (κ1) is 14.5. The number of carbonyl (C=O) groups is 1. The minimum atomic E-state index is -0.446. The number of amides is 1. The van der Waals surface area contributed by atoms with Crippen LogP contribution in [-0.2, 0) is 4.74 Å². The molecule has 0 spiro atoms. The van der Waals surface area contributed by atoms with Crippen molar-refractivity contribution in [1.29, 1.82) is 0 Å². The Morgan fingerprint density at radius 2 is 1.89 bits per heavy atom. The van der Waals surface area contributed by atoms with Crippen molar-refractivity contribution in [2.24, 2.45) is 0 Å². The summed E-state index contributed by atoms with van der Waals surface area (Å²) in [6, 6.07) is 0. The van der Waals surface area contributed by atoms with Gasteiger partial charge < -0.3 is 14.5 Å². The molecule has 6 nitrogen and oxygen atoms in total. The first-order chi connectivity index (χ1) is 8.85. The van der Waals surface area contributed by atoms with Crippen LogP contribution in [0.2, 0.25) is 0 Å². The van der Waals surface area contributed by atoms with Crippen LogP contribution >= 0.6 is 27.3 Å². The smallest absolute Gasteiger partial charge is 0.410 e. The first-order valence-corrected chi connectivity index (χ1v) is 7.68. The summed E-state index contributed by atoms with van der Waals surface area (Å²) >= 11 is 4.80. The summed E-state index contributed by atoms with van der Waals surface area (Å²) in [5.41, 5.74) is -0.446. The zero-order chi connectivity index (χ0) is 14.0. The van der Waals surface area contributed by atoms with E-state index in [1.54, 1.807) is 4.90 Å². The van der Waals surface area contributed by atoms with Gasteiger partial charge in [0.05, 0.1) is 0 Å². The second-order valence-corrected chi connectivity index (χ2v) is 7.52. The maximum absolute atomic E-state index is 11.9. The number of rotatable bonds is 1. The van der Waals surface area contributed by atoms with Gasteiger partial charge in [0.15, 0.2) is 3.92 Å². The van der Waals surface area contributed by atoms with Crippen LogP contribution in [0, 0.1) is 0 Å². The SMILES string of the molecule is CC(C)(C)OC(=O)N1CCN(c2nnc(Br)s2)CC1.